The highest BCUT2D eigenvalue weighted by Crippen LogP contribution is 2.18. The second-order valence-electron chi connectivity index (χ2n) is 4.37. The second-order valence-corrected chi connectivity index (χ2v) is 4.37. The molecule has 0 saturated carbocycles. The van der Waals surface area contributed by atoms with Crippen molar-refractivity contribution in [3.8, 4) is 0 Å². The molecular formula is C15H13F2NO. The van der Waals surface area contributed by atoms with Gasteiger partial charge < -0.3 is 5.73 Å². The summed E-state index contributed by atoms with van der Waals surface area (Å²) in [7, 11) is 0. The predicted octanol–water partition coefficient (Wildman–Crippen LogP) is 3.28. The van der Waals surface area contributed by atoms with Crippen molar-refractivity contribution in [2.24, 2.45) is 0 Å². The number of nitrogen functional groups attached to an aromatic ring is 1. The lowest BCUT2D eigenvalue weighted by Gasteiger charge is -2.07. The van der Waals surface area contributed by atoms with Gasteiger partial charge in [-0.3, -0.25) is 4.79 Å². The predicted molar refractivity (Wildman–Crippen MR) is 70.0 cm³/mol. The molecule has 0 heterocycles. The van der Waals surface area contributed by atoms with Crippen LogP contribution in [0.15, 0.2) is 36.4 Å². The molecule has 0 aliphatic heterocycles. The number of carbonyl (C=O) groups is 1. The molecule has 0 atom stereocenters. The van der Waals surface area contributed by atoms with E-state index in [4.69, 9.17) is 5.73 Å². The maximum atomic E-state index is 13.5. The van der Waals surface area contributed by atoms with E-state index in [2.05, 4.69) is 0 Å². The number of ketones is 1. The molecule has 0 aromatic heterocycles. The summed E-state index contributed by atoms with van der Waals surface area (Å²) in [6.45, 7) is 1.74. The molecule has 0 spiro atoms. The van der Waals surface area contributed by atoms with E-state index in [1.807, 2.05) is 0 Å². The Morgan fingerprint density at radius 2 is 1.79 bits per heavy atom. The van der Waals surface area contributed by atoms with Crippen LogP contribution in [-0.2, 0) is 6.42 Å². The number of halogens is 2. The Balaban J connectivity index is 2.31. The van der Waals surface area contributed by atoms with Gasteiger partial charge in [-0.25, -0.2) is 8.78 Å². The molecule has 19 heavy (non-hydrogen) atoms. The second kappa shape index (κ2) is 5.18. The highest BCUT2D eigenvalue weighted by molar-refractivity contribution is 5.99. The van der Waals surface area contributed by atoms with Crippen molar-refractivity contribution < 1.29 is 13.6 Å². The van der Waals surface area contributed by atoms with Crippen LogP contribution in [0.4, 0.5) is 14.5 Å². The summed E-state index contributed by atoms with van der Waals surface area (Å²) in [6, 6.07) is 8.38. The molecule has 0 bridgehead atoms. The van der Waals surface area contributed by atoms with Crippen LogP contribution in [0.5, 0.6) is 0 Å². The highest BCUT2D eigenvalue weighted by Gasteiger charge is 2.15. The lowest BCUT2D eigenvalue weighted by Crippen LogP contribution is -2.09. The Labute approximate surface area is 109 Å². The van der Waals surface area contributed by atoms with Crippen LogP contribution in [0.3, 0.4) is 0 Å². The van der Waals surface area contributed by atoms with Gasteiger partial charge in [-0.2, -0.15) is 0 Å². The molecule has 4 heteroatoms. The summed E-state index contributed by atoms with van der Waals surface area (Å²) in [4.78, 5) is 12.1. The summed E-state index contributed by atoms with van der Waals surface area (Å²) in [5, 5.41) is 0. The molecule has 0 unspecified atom stereocenters. The van der Waals surface area contributed by atoms with E-state index in [1.54, 1.807) is 25.1 Å². The minimum atomic E-state index is -0.707. The first-order chi connectivity index (χ1) is 8.99. The van der Waals surface area contributed by atoms with Crippen molar-refractivity contribution in [1.29, 1.82) is 0 Å². The molecular weight excluding hydrogens is 248 g/mol. The number of rotatable bonds is 3. The molecule has 0 saturated heterocycles. The van der Waals surface area contributed by atoms with Crippen LogP contribution < -0.4 is 5.73 Å². The van der Waals surface area contributed by atoms with Crippen molar-refractivity contribution >= 4 is 11.5 Å². The number of carbonyl (C=O) groups excluding carboxylic acids is 1. The van der Waals surface area contributed by atoms with Gasteiger partial charge in [0.25, 0.3) is 0 Å². The monoisotopic (exact) mass is 261 g/mol. The summed E-state index contributed by atoms with van der Waals surface area (Å²) in [5.74, 6) is -1.75. The van der Waals surface area contributed by atoms with E-state index >= 15 is 0 Å². The Hall–Kier alpha value is -2.23. The number of benzene rings is 2. The van der Waals surface area contributed by atoms with E-state index in [1.165, 1.54) is 6.07 Å². The fraction of sp³-hybridized carbons (Fsp3) is 0.133. The van der Waals surface area contributed by atoms with Crippen LogP contribution in [0, 0.1) is 18.6 Å². The molecule has 0 radical (unpaired) electrons. The normalized spacial score (nSPS) is 10.5. The van der Waals surface area contributed by atoms with Crippen molar-refractivity contribution in [2.75, 3.05) is 5.73 Å². The third-order valence-electron chi connectivity index (χ3n) is 2.95. The Morgan fingerprint density at radius 1 is 1.16 bits per heavy atom. The van der Waals surface area contributed by atoms with E-state index in [0.29, 0.717) is 16.8 Å². The standard InChI is InChI=1S/C15H13F2NO/c1-9-7-10(18)5-6-11(9)15(19)8-12-13(16)3-2-4-14(12)17/h2-7H,8,18H2,1H3. The van der Waals surface area contributed by atoms with Crippen LogP contribution in [0.25, 0.3) is 0 Å². The zero-order chi connectivity index (χ0) is 14.0. The average molecular weight is 261 g/mol. The Morgan fingerprint density at radius 3 is 2.37 bits per heavy atom. The molecule has 2 aromatic rings. The maximum absolute atomic E-state index is 13.5. The molecule has 2 aromatic carbocycles. The van der Waals surface area contributed by atoms with Crippen LogP contribution in [0.2, 0.25) is 0 Å². The van der Waals surface area contributed by atoms with Gasteiger partial charge in [0.05, 0.1) is 0 Å². The van der Waals surface area contributed by atoms with Crippen LogP contribution in [0.1, 0.15) is 21.5 Å². The lowest BCUT2D eigenvalue weighted by atomic mass is 9.98. The zero-order valence-electron chi connectivity index (χ0n) is 10.4. The number of hydrogen-bond acceptors (Lipinski definition) is 2. The van der Waals surface area contributed by atoms with Gasteiger partial charge in [-0.05, 0) is 42.8 Å². The molecule has 0 amide bonds. The van der Waals surface area contributed by atoms with E-state index < -0.39 is 11.6 Å². The quantitative estimate of drug-likeness (QED) is 0.680. The van der Waals surface area contributed by atoms with E-state index in [0.717, 1.165) is 12.1 Å². The van der Waals surface area contributed by atoms with Gasteiger partial charge in [0.15, 0.2) is 5.78 Å². The van der Waals surface area contributed by atoms with Crippen molar-refractivity contribution in [2.45, 2.75) is 13.3 Å². The van der Waals surface area contributed by atoms with E-state index in [-0.39, 0.29) is 17.8 Å². The van der Waals surface area contributed by atoms with Crippen molar-refractivity contribution in [3.05, 3.63) is 64.7 Å². The minimum Gasteiger partial charge on any atom is -0.399 e. The largest absolute Gasteiger partial charge is 0.399 e. The molecule has 2 nitrogen and oxygen atoms in total. The van der Waals surface area contributed by atoms with Crippen LogP contribution >= 0.6 is 0 Å². The number of nitrogens with two attached hydrogens (primary N) is 1. The molecule has 0 aliphatic rings. The van der Waals surface area contributed by atoms with Gasteiger partial charge in [0, 0.05) is 23.2 Å². The minimum absolute atomic E-state index is 0.205. The highest BCUT2D eigenvalue weighted by atomic mass is 19.1. The average Bonchev–Trinajstić information content (AvgIpc) is 2.33. The maximum Gasteiger partial charge on any atom is 0.167 e. The Kier molecular flexibility index (Phi) is 3.60. The molecule has 98 valence electrons. The third-order valence-corrected chi connectivity index (χ3v) is 2.95. The molecule has 0 fully saturated rings. The van der Waals surface area contributed by atoms with Gasteiger partial charge in [-0.1, -0.05) is 6.07 Å². The number of Topliss-reactive ketones (excluding diaryl/α,β-unsaturated/α-hetero) is 1. The number of aryl methyl sites for hydroxylation is 1. The summed E-state index contributed by atoms with van der Waals surface area (Å²) in [5.41, 5.74) is 7.06. The smallest absolute Gasteiger partial charge is 0.167 e. The Bertz CT molecular complexity index is 618. The molecule has 2 rings (SSSR count). The molecule has 0 aliphatic carbocycles. The SMILES string of the molecule is Cc1cc(N)ccc1C(=O)Cc1c(F)cccc1F. The van der Waals surface area contributed by atoms with Crippen molar-refractivity contribution in [3.63, 3.8) is 0 Å². The van der Waals surface area contributed by atoms with Gasteiger partial charge in [0.2, 0.25) is 0 Å². The van der Waals surface area contributed by atoms with Crippen molar-refractivity contribution in [1.82, 2.24) is 0 Å². The first-order valence-corrected chi connectivity index (χ1v) is 5.81. The van der Waals surface area contributed by atoms with Gasteiger partial charge in [-0.15, -0.1) is 0 Å². The first kappa shape index (κ1) is 13.2. The summed E-state index contributed by atoms with van der Waals surface area (Å²) in [6.07, 6.45) is -0.302. The number of hydrogen-bond donors (Lipinski definition) is 1. The van der Waals surface area contributed by atoms with E-state index in [9.17, 15) is 13.6 Å². The molecule has 2 N–H and O–H groups in total. The fourth-order valence-corrected chi connectivity index (χ4v) is 1.96. The first-order valence-electron chi connectivity index (χ1n) is 5.81. The lowest BCUT2D eigenvalue weighted by molar-refractivity contribution is 0.0990. The third kappa shape index (κ3) is 2.78. The van der Waals surface area contributed by atoms with Gasteiger partial charge >= 0.3 is 0 Å². The zero-order valence-corrected chi connectivity index (χ0v) is 10.4. The topological polar surface area (TPSA) is 43.1 Å². The number of anilines is 1. The van der Waals surface area contributed by atoms with Gasteiger partial charge in [0.1, 0.15) is 11.6 Å². The summed E-state index contributed by atoms with van der Waals surface area (Å²) >= 11 is 0. The summed E-state index contributed by atoms with van der Waals surface area (Å²) < 4.78 is 27.0. The van der Waals surface area contributed by atoms with Crippen LogP contribution in [-0.4, -0.2) is 5.78 Å². The fourth-order valence-electron chi connectivity index (χ4n) is 1.96.